The summed E-state index contributed by atoms with van der Waals surface area (Å²) in [4.78, 5) is 20.7. The minimum absolute atomic E-state index is 0.0628. The van der Waals surface area contributed by atoms with Crippen LogP contribution in [0.15, 0.2) is 35.1 Å². The highest BCUT2D eigenvalue weighted by molar-refractivity contribution is 5.29. The van der Waals surface area contributed by atoms with Gasteiger partial charge in [-0.05, 0) is 37.9 Å². The lowest BCUT2D eigenvalue weighted by Gasteiger charge is -2.33. The molecule has 1 fully saturated rings. The number of alkyl halides is 3. The number of halogens is 3. The lowest BCUT2D eigenvalue weighted by atomic mass is 9.93. The molecule has 1 aliphatic heterocycles. The zero-order chi connectivity index (χ0) is 18.0. The van der Waals surface area contributed by atoms with E-state index >= 15 is 0 Å². The summed E-state index contributed by atoms with van der Waals surface area (Å²) in [6.45, 7) is 3.31. The van der Waals surface area contributed by atoms with Gasteiger partial charge < -0.3 is 4.98 Å². The molecule has 1 saturated heterocycles. The summed E-state index contributed by atoms with van der Waals surface area (Å²) in [7, 11) is 0. The molecule has 0 amide bonds. The minimum atomic E-state index is -4.35. The Labute approximate surface area is 143 Å². The van der Waals surface area contributed by atoms with Gasteiger partial charge in [-0.15, -0.1) is 0 Å². The molecule has 1 aromatic carbocycles. The summed E-state index contributed by atoms with van der Waals surface area (Å²) in [6.07, 6.45) is -2.60. The normalized spacial score (nSPS) is 19.1. The zero-order valence-electron chi connectivity index (χ0n) is 13.9. The van der Waals surface area contributed by atoms with E-state index in [0.29, 0.717) is 12.4 Å². The van der Waals surface area contributed by atoms with E-state index in [4.69, 9.17) is 0 Å². The van der Waals surface area contributed by atoms with Gasteiger partial charge in [-0.2, -0.15) is 13.2 Å². The topological polar surface area (TPSA) is 49.0 Å². The molecule has 2 heterocycles. The Morgan fingerprint density at radius 2 is 2.08 bits per heavy atom. The second-order valence-corrected chi connectivity index (χ2v) is 6.48. The van der Waals surface area contributed by atoms with Gasteiger partial charge in [-0.25, -0.2) is 4.98 Å². The van der Waals surface area contributed by atoms with Gasteiger partial charge in [0.15, 0.2) is 0 Å². The van der Waals surface area contributed by atoms with E-state index in [-0.39, 0.29) is 23.6 Å². The van der Waals surface area contributed by atoms with Gasteiger partial charge in [0, 0.05) is 25.1 Å². The summed E-state index contributed by atoms with van der Waals surface area (Å²) in [5.74, 6) is 0.620. The van der Waals surface area contributed by atoms with Crippen molar-refractivity contribution >= 4 is 0 Å². The van der Waals surface area contributed by atoms with Crippen molar-refractivity contribution in [2.24, 2.45) is 0 Å². The van der Waals surface area contributed by atoms with Gasteiger partial charge in [0.2, 0.25) is 0 Å². The number of hydrogen-bond donors (Lipinski definition) is 1. The van der Waals surface area contributed by atoms with Crippen molar-refractivity contribution in [2.75, 3.05) is 13.1 Å². The molecule has 134 valence electrons. The standard InChI is InChI=1S/C18H20F3N3O/c1-12-22-16(9-17(25)23-12)14-6-4-8-24(11-14)10-13-5-2-3-7-15(13)18(19,20)21/h2-3,5,7,9,14H,4,6,8,10-11H2,1H3,(H,22,23,25)/t14-/m0/s1. The maximum atomic E-state index is 13.2. The molecule has 1 atom stereocenters. The van der Waals surface area contributed by atoms with E-state index in [9.17, 15) is 18.0 Å². The third kappa shape index (κ3) is 4.28. The number of rotatable bonds is 3. The van der Waals surface area contributed by atoms with E-state index < -0.39 is 11.7 Å². The SMILES string of the molecule is Cc1nc([C@H]2CCCN(Cc3ccccc3C(F)(F)F)C2)cc(=O)[nH]1. The fourth-order valence-electron chi connectivity index (χ4n) is 3.43. The maximum absolute atomic E-state index is 13.2. The Morgan fingerprint density at radius 3 is 2.80 bits per heavy atom. The number of piperidine rings is 1. The Kier molecular flexibility index (Phi) is 4.94. The number of hydrogen-bond acceptors (Lipinski definition) is 3. The van der Waals surface area contributed by atoms with Crippen LogP contribution in [0.3, 0.4) is 0 Å². The number of aromatic nitrogens is 2. The molecular formula is C18H20F3N3O. The van der Waals surface area contributed by atoms with E-state index in [1.807, 2.05) is 4.90 Å². The van der Waals surface area contributed by atoms with Crippen molar-refractivity contribution in [1.82, 2.24) is 14.9 Å². The number of benzene rings is 1. The second-order valence-electron chi connectivity index (χ2n) is 6.48. The molecule has 0 spiro atoms. The van der Waals surface area contributed by atoms with Crippen LogP contribution in [-0.2, 0) is 12.7 Å². The molecular weight excluding hydrogens is 331 g/mol. The van der Waals surface area contributed by atoms with Crippen LogP contribution in [0.2, 0.25) is 0 Å². The van der Waals surface area contributed by atoms with Crippen LogP contribution in [-0.4, -0.2) is 28.0 Å². The molecule has 1 aliphatic rings. The quantitative estimate of drug-likeness (QED) is 0.921. The molecule has 0 unspecified atom stereocenters. The minimum Gasteiger partial charge on any atom is -0.311 e. The number of H-pyrrole nitrogens is 1. The summed E-state index contributed by atoms with van der Waals surface area (Å²) in [5.41, 5.74) is 0.227. The van der Waals surface area contributed by atoms with E-state index in [1.165, 1.54) is 18.2 Å². The van der Waals surface area contributed by atoms with Crippen molar-refractivity contribution < 1.29 is 13.2 Å². The third-order valence-electron chi connectivity index (χ3n) is 4.52. The Hall–Kier alpha value is -2.15. The van der Waals surface area contributed by atoms with Crippen LogP contribution in [0.5, 0.6) is 0 Å². The monoisotopic (exact) mass is 351 g/mol. The third-order valence-corrected chi connectivity index (χ3v) is 4.52. The number of aryl methyl sites for hydroxylation is 1. The molecule has 1 aromatic heterocycles. The Balaban J connectivity index is 1.78. The van der Waals surface area contributed by atoms with Crippen LogP contribution >= 0.6 is 0 Å². The van der Waals surface area contributed by atoms with Gasteiger partial charge in [0.25, 0.3) is 5.56 Å². The first kappa shape index (κ1) is 17.7. The van der Waals surface area contributed by atoms with E-state index in [1.54, 1.807) is 13.0 Å². The van der Waals surface area contributed by atoms with Crippen molar-refractivity contribution in [3.8, 4) is 0 Å². The Morgan fingerprint density at radius 1 is 1.32 bits per heavy atom. The highest BCUT2D eigenvalue weighted by Crippen LogP contribution is 2.33. The summed E-state index contributed by atoms with van der Waals surface area (Å²) in [5, 5.41) is 0. The number of nitrogens with zero attached hydrogens (tertiary/aromatic N) is 2. The van der Waals surface area contributed by atoms with Crippen LogP contribution in [0, 0.1) is 6.92 Å². The van der Waals surface area contributed by atoms with Gasteiger partial charge >= 0.3 is 6.18 Å². The second kappa shape index (κ2) is 7.00. The summed E-state index contributed by atoms with van der Waals surface area (Å²) < 4.78 is 39.5. The van der Waals surface area contributed by atoms with Crippen LogP contribution < -0.4 is 5.56 Å². The molecule has 25 heavy (non-hydrogen) atoms. The first-order valence-electron chi connectivity index (χ1n) is 8.28. The fraction of sp³-hybridized carbons (Fsp3) is 0.444. The largest absolute Gasteiger partial charge is 0.416 e. The van der Waals surface area contributed by atoms with Crippen LogP contribution in [0.4, 0.5) is 13.2 Å². The van der Waals surface area contributed by atoms with Gasteiger partial charge in [-0.1, -0.05) is 18.2 Å². The fourth-order valence-corrected chi connectivity index (χ4v) is 3.43. The molecule has 0 aliphatic carbocycles. The van der Waals surface area contributed by atoms with Gasteiger partial charge in [-0.3, -0.25) is 9.69 Å². The molecule has 0 radical (unpaired) electrons. The first-order chi connectivity index (χ1) is 11.8. The molecule has 7 heteroatoms. The lowest BCUT2D eigenvalue weighted by molar-refractivity contribution is -0.138. The van der Waals surface area contributed by atoms with Crippen LogP contribution in [0.1, 0.15) is 41.4 Å². The Bertz CT molecular complexity index is 801. The molecule has 0 saturated carbocycles. The lowest BCUT2D eigenvalue weighted by Crippen LogP contribution is -2.35. The van der Waals surface area contributed by atoms with Crippen molar-refractivity contribution in [1.29, 1.82) is 0 Å². The molecule has 4 nitrogen and oxygen atoms in total. The van der Waals surface area contributed by atoms with Gasteiger partial charge in [0.1, 0.15) is 5.82 Å². The summed E-state index contributed by atoms with van der Waals surface area (Å²) >= 11 is 0. The number of likely N-dealkylation sites (tertiary alicyclic amines) is 1. The number of aromatic amines is 1. The molecule has 0 bridgehead atoms. The highest BCUT2D eigenvalue weighted by atomic mass is 19.4. The molecule has 1 N–H and O–H groups in total. The van der Waals surface area contributed by atoms with Crippen molar-refractivity contribution in [3.05, 3.63) is 63.3 Å². The van der Waals surface area contributed by atoms with Crippen molar-refractivity contribution in [3.63, 3.8) is 0 Å². The highest BCUT2D eigenvalue weighted by Gasteiger charge is 2.33. The predicted octanol–water partition coefficient (Wildman–Crippen LogP) is 3.48. The zero-order valence-corrected chi connectivity index (χ0v) is 13.9. The van der Waals surface area contributed by atoms with E-state index in [0.717, 1.165) is 31.1 Å². The number of nitrogens with one attached hydrogen (secondary N) is 1. The van der Waals surface area contributed by atoms with Crippen molar-refractivity contribution in [2.45, 2.75) is 38.4 Å². The smallest absolute Gasteiger partial charge is 0.311 e. The van der Waals surface area contributed by atoms with Gasteiger partial charge in [0.05, 0.1) is 11.3 Å². The van der Waals surface area contributed by atoms with Crippen LogP contribution in [0.25, 0.3) is 0 Å². The first-order valence-corrected chi connectivity index (χ1v) is 8.28. The average Bonchev–Trinajstić information content (AvgIpc) is 2.54. The maximum Gasteiger partial charge on any atom is 0.416 e. The average molecular weight is 351 g/mol. The molecule has 2 aromatic rings. The summed E-state index contributed by atoms with van der Waals surface area (Å²) in [6, 6.07) is 7.19. The molecule has 3 rings (SSSR count). The predicted molar refractivity (Wildman–Crippen MR) is 88.3 cm³/mol. The van der Waals surface area contributed by atoms with E-state index in [2.05, 4.69) is 9.97 Å².